The van der Waals surface area contributed by atoms with Crippen LogP contribution in [0.1, 0.15) is 34.5 Å². The van der Waals surface area contributed by atoms with E-state index in [1.54, 1.807) is 19.1 Å². The molecule has 1 aliphatic heterocycles. The van der Waals surface area contributed by atoms with E-state index < -0.39 is 0 Å². The van der Waals surface area contributed by atoms with Gasteiger partial charge >= 0.3 is 0 Å². The number of thiophene rings is 1. The molecule has 136 valence electrons. The van der Waals surface area contributed by atoms with Gasteiger partial charge in [-0.05, 0) is 48.6 Å². The van der Waals surface area contributed by atoms with Crippen molar-refractivity contribution in [3.63, 3.8) is 0 Å². The second kappa shape index (κ2) is 6.93. The SMILES string of the molecule is COc1cc2c(cc1OC)[C@H](C)[NH+](Cc1sc3ccccc3c1C)CC2. The van der Waals surface area contributed by atoms with E-state index in [2.05, 4.69) is 50.2 Å². The lowest BCUT2D eigenvalue weighted by atomic mass is 9.92. The third kappa shape index (κ3) is 2.87. The highest BCUT2D eigenvalue weighted by molar-refractivity contribution is 7.19. The maximum absolute atomic E-state index is 5.53. The van der Waals surface area contributed by atoms with E-state index in [0.717, 1.165) is 31.0 Å². The second-order valence-electron chi connectivity index (χ2n) is 7.11. The van der Waals surface area contributed by atoms with Crippen LogP contribution in [0.5, 0.6) is 11.5 Å². The molecule has 1 N–H and O–H groups in total. The number of methoxy groups -OCH3 is 2. The lowest BCUT2D eigenvalue weighted by Gasteiger charge is -2.32. The van der Waals surface area contributed by atoms with Gasteiger partial charge in [0.2, 0.25) is 0 Å². The topological polar surface area (TPSA) is 22.9 Å². The second-order valence-corrected chi connectivity index (χ2v) is 8.25. The maximum atomic E-state index is 5.53. The Kier molecular flexibility index (Phi) is 4.63. The van der Waals surface area contributed by atoms with E-state index in [0.29, 0.717) is 6.04 Å². The molecule has 2 heterocycles. The van der Waals surface area contributed by atoms with Crippen LogP contribution in [0.3, 0.4) is 0 Å². The van der Waals surface area contributed by atoms with Crippen LogP contribution in [0.15, 0.2) is 36.4 Å². The first-order valence-electron chi connectivity index (χ1n) is 9.18. The Hall–Kier alpha value is -2.04. The minimum Gasteiger partial charge on any atom is -0.493 e. The van der Waals surface area contributed by atoms with E-state index in [9.17, 15) is 0 Å². The fraction of sp³-hybridized carbons (Fsp3) is 0.364. The molecule has 0 saturated carbocycles. The summed E-state index contributed by atoms with van der Waals surface area (Å²) in [5, 5.41) is 1.41. The number of ether oxygens (including phenoxy) is 2. The van der Waals surface area contributed by atoms with Crippen LogP contribution in [0, 0.1) is 6.92 Å². The predicted octanol–water partition coefficient (Wildman–Crippen LogP) is 3.93. The van der Waals surface area contributed by atoms with Crippen molar-refractivity contribution < 1.29 is 14.4 Å². The summed E-state index contributed by atoms with van der Waals surface area (Å²) in [5.41, 5.74) is 4.23. The van der Waals surface area contributed by atoms with Gasteiger partial charge in [-0.15, -0.1) is 11.3 Å². The molecule has 26 heavy (non-hydrogen) atoms. The molecule has 1 aromatic heterocycles. The van der Waals surface area contributed by atoms with Crippen LogP contribution in [0.2, 0.25) is 0 Å². The van der Waals surface area contributed by atoms with Crippen LogP contribution >= 0.6 is 11.3 Å². The highest BCUT2D eigenvalue weighted by atomic mass is 32.1. The Labute approximate surface area is 159 Å². The number of nitrogens with one attached hydrogen (secondary N) is 1. The molecule has 0 saturated heterocycles. The molecule has 3 aromatic rings. The van der Waals surface area contributed by atoms with E-state index >= 15 is 0 Å². The van der Waals surface area contributed by atoms with Crippen molar-refractivity contribution in [1.82, 2.24) is 0 Å². The molecule has 4 heteroatoms. The van der Waals surface area contributed by atoms with E-state index in [1.165, 1.54) is 31.7 Å². The molecule has 0 aliphatic carbocycles. The fourth-order valence-electron chi connectivity index (χ4n) is 4.13. The molecule has 3 nitrogen and oxygen atoms in total. The van der Waals surface area contributed by atoms with Crippen molar-refractivity contribution in [2.75, 3.05) is 20.8 Å². The van der Waals surface area contributed by atoms with Crippen LogP contribution in [0.25, 0.3) is 10.1 Å². The third-order valence-corrected chi connectivity index (χ3v) is 7.04. The van der Waals surface area contributed by atoms with Gasteiger partial charge in [0.15, 0.2) is 11.5 Å². The zero-order valence-electron chi connectivity index (χ0n) is 15.9. The Morgan fingerprint density at radius 2 is 1.85 bits per heavy atom. The number of benzene rings is 2. The lowest BCUT2D eigenvalue weighted by Crippen LogP contribution is -3.11. The fourth-order valence-corrected chi connectivity index (χ4v) is 5.39. The van der Waals surface area contributed by atoms with Crippen molar-refractivity contribution in [3.05, 3.63) is 58.0 Å². The van der Waals surface area contributed by atoms with Crippen LogP contribution in [-0.2, 0) is 13.0 Å². The molecular weight excluding hydrogens is 342 g/mol. The Morgan fingerprint density at radius 3 is 2.58 bits per heavy atom. The molecule has 1 aliphatic rings. The van der Waals surface area contributed by atoms with Crippen molar-refractivity contribution >= 4 is 21.4 Å². The number of aryl methyl sites for hydroxylation is 1. The Morgan fingerprint density at radius 1 is 1.12 bits per heavy atom. The van der Waals surface area contributed by atoms with Crippen molar-refractivity contribution in [3.8, 4) is 11.5 Å². The number of hydrogen-bond acceptors (Lipinski definition) is 3. The highest BCUT2D eigenvalue weighted by Crippen LogP contribution is 2.35. The monoisotopic (exact) mass is 368 g/mol. The molecule has 0 radical (unpaired) electrons. The first kappa shape index (κ1) is 17.4. The standard InChI is InChI=1S/C22H25NO2S/c1-14-17-7-5-6-8-21(17)26-22(14)13-23-10-9-16-11-19(24-3)20(25-4)12-18(16)15(23)2/h5-8,11-12,15H,9-10,13H2,1-4H3/p+1/t15-/m0/s1. The first-order chi connectivity index (χ1) is 12.6. The van der Waals surface area contributed by atoms with E-state index in [1.807, 2.05) is 11.3 Å². The summed E-state index contributed by atoms with van der Waals surface area (Å²) in [5.74, 6) is 1.67. The van der Waals surface area contributed by atoms with Gasteiger partial charge in [0.1, 0.15) is 12.6 Å². The minimum absolute atomic E-state index is 0.447. The molecule has 0 amide bonds. The average Bonchev–Trinajstić information content (AvgIpc) is 2.99. The van der Waals surface area contributed by atoms with Crippen molar-refractivity contribution in [2.24, 2.45) is 0 Å². The van der Waals surface area contributed by atoms with Gasteiger partial charge in [-0.3, -0.25) is 0 Å². The van der Waals surface area contributed by atoms with Gasteiger partial charge in [-0.25, -0.2) is 0 Å². The summed E-state index contributed by atoms with van der Waals surface area (Å²) in [6, 6.07) is 13.5. The summed E-state index contributed by atoms with van der Waals surface area (Å²) in [4.78, 5) is 3.14. The van der Waals surface area contributed by atoms with Crippen molar-refractivity contribution in [1.29, 1.82) is 0 Å². The van der Waals surface area contributed by atoms with E-state index in [-0.39, 0.29) is 0 Å². The number of quaternary nitrogens is 1. The molecule has 0 spiro atoms. The quantitative estimate of drug-likeness (QED) is 0.754. The molecule has 4 rings (SSSR count). The Balaban J connectivity index is 1.64. The molecule has 0 fully saturated rings. The molecule has 2 aromatic carbocycles. The number of rotatable bonds is 4. The summed E-state index contributed by atoms with van der Waals surface area (Å²) < 4.78 is 12.4. The first-order valence-corrected chi connectivity index (χ1v) is 10.0. The normalized spacial score (nSPS) is 19.4. The largest absolute Gasteiger partial charge is 0.493 e. The number of hydrogen-bond donors (Lipinski definition) is 1. The summed E-state index contributed by atoms with van der Waals surface area (Å²) in [7, 11) is 3.42. The maximum Gasteiger partial charge on any atom is 0.161 e. The number of fused-ring (bicyclic) bond motifs is 2. The molecular formula is C22H26NO2S+. The third-order valence-electron chi connectivity index (χ3n) is 5.77. The van der Waals surface area contributed by atoms with Gasteiger partial charge in [0.05, 0.1) is 25.6 Å². The van der Waals surface area contributed by atoms with Crippen molar-refractivity contribution in [2.45, 2.75) is 32.9 Å². The van der Waals surface area contributed by atoms with Crippen LogP contribution in [0.4, 0.5) is 0 Å². The van der Waals surface area contributed by atoms with E-state index in [4.69, 9.17) is 9.47 Å². The summed E-state index contributed by atoms with van der Waals surface area (Å²) >= 11 is 1.95. The summed E-state index contributed by atoms with van der Waals surface area (Å²) in [6.07, 6.45) is 1.08. The van der Waals surface area contributed by atoms with Crippen LogP contribution < -0.4 is 14.4 Å². The highest BCUT2D eigenvalue weighted by Gasteiger charge is 2.30. The lowest BCUT2D eigenvalue weighted by molar-refractivity contribution is -0.944. The van der Waals surface area contributed by atoms with Crippen LogP contribution in [-0.4, -0.2) is 20.8 Å². The minimum atomic E-state index is 0.447. The predicted molar refractivity (Wildman–Crippen MR) is 108 cm³/mol. The van der Waals surface area contributed by atoms with Gasteiger partial charge in [0.25, 0.3) is 0 Å². The molecule has 2 atom stereocenters. The zero-order chi connectivity index (χ0) is 18.3. The zero-order valence-corrected chi connectivity index (χ0v) is 16.7. The molecule has 1 unspecified atom stereocenters. The van der Waals surface area contributed by atoms with Gasteiger partial charge in [0, 0.05) is 16.7 Å². The van der Waals surface area contributed by atoms with Gasteiger partial charge < -0.3 is 14.4 Å². The molecule has 0 bridgehead atoms. The summed E-state index contributed by atoms with van der Waals surface area (Å²) in [6.45, 7) is 6.84. The Bertz CT molecular complexity index is 947. The van der Waals surface area contributed by atoms with Gasteiger partial charge in [-0.2, -0.15) is 0 Å². The van der Waals surface area contributed by atoms with Gasteiger partial charge in [-0.1, -0.05) is 18.2 Å². The average molecular weight is 369 g/mol. The smallest absolute Gasteiger partial charge is 0.161 e.